The van der Waals surface area contributed by atoms with E-state index in [9.17, 15) is 4.79 Å². The Hall–Kier alpha value is -1.30. The molecule has 6 heteroatoms. The van der Waals surface area contributed by atoms with Gasteiger partial charge in [0.1, 0.15) is 6.54 Å². The van der Waals surface area contributed by atoms with Crippen LogP contribution in [0.1, 0.15) is 13.8 Å². The van der Waals surface area contributed by atoms with Crippen LogP contribution in [-0.4, -0.2) is 43.4 Å². The molecule has 0 unspecified atom stereocenters. The van der Waals surface area contributed by atoms with Gasteiger partial charge in [-0.05, 0) is 13.8 Å². The normalized spacial score (nSPS) is 11.0. The van der Waals surface area contributed by atoms with Crippen LogP contribution in [0.4, 0.5) is 0 Å². The number of amides is 1. The monoisotopic (exact) mass is 201 g/mol. The summed E-state index contributed by atoms with van der Waals surface area (Å²) in [7, 11) is 1.74. The van der Waals surface area contributed by atoms with Gasteiger partial charge in [0, 0.05) is 20.1 Å². The maximum Gasteiger partial charge on any atom is 0.244 e. The molecule has 0 saturated carbocycles. The van der Waals surface area contributed by atoms with E-state index in [1.165, 1.54) is 0 Å². The van der Waals surface area contributed by atoms with Crippen LogP contribution < -0.4 is 16.6 Å². The molecule has 0 fully saturated rings. The van der Waals surface area contributed by atoms with E-state index in [1.807, 2.05) is 13.8 Å². The lowest BCUT2D eigenvalue weighted by Gasteiger charge is -2.13. The van der Waals surface area contributed by atoms with Gasteiger partial charge in [0.25, 0.3) is 0 Å². The number of hydrogen-bond acceptors (Lipinski definition) is 3. The molecule has 0 bridgehead atoms. The Labute approximate surface area is 84.5 Å². The second-order valence-electron chi connectivity index (χ2n) is 2.75. The molecule has 0 aromatic carbocycles. The summed E-state index contributed by atoms with van der Waals surface area (Å²) in [6.45, 7) is 5.33. The molecule has 0 aromatic heterocycles. The Kier molecular flexibility index (Phi) is 6.47. The van der Waals surface area contributed by atoms with Crippen LogP contribution >= 0.6 is 0 Å². The van der Waals surface area contributed by atoms with Crippen LogP contribution in [0.15, 0.2) is 4.99 Å². The third-order valence-electron chi connectivity index (χ3n) is 1.75. The van der Waals surface area contributed by atoms with Crippen molar-refractivity contribution in [1.82, 2.24) is 15.6 Å². The van der Waals surface area contributed by atoms with E-state index in [-0.39, 0.29) is 12.5 Å². The summed E-state index contributed by atoms with van der Waals surface area (Å²) in [5, 5.41) is 2.89. The molecule has 0 rings (SSSR count). The lowest BCUT2D eigenvalue weighted by molar-refractivity contribution is -0.128. The first kappa shape index (κ1) is 12.7. The van der Waals surface area contributed by atoms with Crippen molar-refractivity contribution in [3.05, 3.63) is 0 Å². The van der Waals surface area contributed by atoms with Crippen molar-refractivity contribution in [3.8, 4) is 0 Å². The molecule has 0 atom stereocenters. The van der Waals surface area contributed by atoms with Crippen LogP contribution in [0, 0.1) is 0 Å². The maximum atomic E-state index is 11.3. The van der Waals surface area contributed by atoms with Crippen molar-refractivity contribution >= 4 is 11.9 Å². The zero-order chi connectivity index (χ0) is 11.0. The number of guanidine groups is 1. The number of likely N-dealkylation sites (N-methyl/N-ethyl adjacent to an activating group) is 1. The molecule has 4 N–H and O–H groups in total. The Bertz CT molecular complexity index is 204. The van der Waals surface area contributed by atoms with Gasteiger partial charge in [0.05, 0.1) is 0 Å². The zero-order valence-electron chi connectivity index (χ0n) is 9.00. The lowest BCUT2D eigenvalue weighted by Crippen LogP contribution is -2.42. The van der Waals surface area contributed by atoms with Gasteiger partial charge in [-0.15, -0.1) is 0 Å². The number of carbonyl (C=O) groups is 1. The van der Waals surface area contributed by atoms with Crippen LogP contribution in [-0.2, 0) is 4.79 Å². The van der Waals surface area contributed by atoms with Gasteiger partial charge < -0.3 is 10.2 Å². The van der Waals surface area contributed by atoms with Gasteiger partial charge in [-0.25, -0.2) is 10.8 Å². The number of aliphatic imine (C=N–C) groups is 1. The number of hydrogen-bond donors (Lipinski definition) is 3. The second kappa shape index (κ2) is 7.14. The van der Waals surface area contributed by atoms with Crippen molar-refractivity contribution in [2.75, 3.05) is 26.7 Å². The fraction of sp³-hybridized carbons (Fsp3) is 0.750. The summed E-state index contributed by atoms with van der Waals surface area (Å²) in [4.78, 5) is 16.9. The summed E-state index contributed by atoms with van der Waals surface area (Å²) in [6, 6.07) is 0. The summed E-state index contributed by atoms with van der Waals surface area (Å²) >= 11 is 0. The Morgan fingerprint density at radius 2 is 2.14 bits per heavy atom. The van der Waals surface area contributed by atoms with Gasteiger partial charge in [0.2, 0.25) is 11.9 Å². The highest BCUT2D eigenvalue weighted by Gasteiger charge is 2.05. The van der Waals surface area contributed by atoms with Crippen molar-refractivity contribution in [2.24, 2.45) is 10.8 Å². The van der Waals surface area contributed by atoms with E-state index >= 15 is 0 Å². The summed E-state index contributed by atoms with van der Waals surface area (Å²) in [5.74, 6) is 5.59. The highest BCUT2D eigenvalue weighted by atomic mass is 16.2. The van der Waals surface area contributed by atoms with E-state index < -0.39 is 0 Å². The molecule has 0 aromatic rings. The number of nitrogens with zero attached hydrogens (tertiary/aromatic N) is 2. The Morgan fingerprint density at radius 3 is 2.57 bits per heavy atom. The molecule has 0 aliphatic rings. The summed E-state index contributed by atoms with van der Waals surface area (Å²) in [6.07, 6.45) is 0. The van der Waals surface area contributed by atoms with Crippen molar-refractivity contribution in [1.29, 1.82) is 0 Å². The molecule has 0 heterocycles. The second-order valence-corrected chi connectivity index (χ2v) is 2.75. The maximum absolute atomic E-state index is 11.3. The molecule has 0 saturated heterocycles. The van der Waals surface area contributed by atoms with Gasteiger partial charge in [-0.3, -0.25) is 10.2 Å². The zero-order valence-corrected chi connectivity index (χ0v) is 9.00. The number of nitrogens with one attached hydrogen (secondary N) is 2. The SMILES string of the molecule is CCNC(=NCC(=O)N(C)CC)NN. The van der Waals surface area contributed by atoms with E-state index in [0.717, 1.165) is 0 Å². The predicted octanol–water partition coefficient (Wildman–Crippen LogP) is -1.11. The molecule has 0 aliphatic heterocycles. The first-order valence-electron chi connectivity index (χ1n) is 4.64. The average molecular weight is 201 g/mol. The van der Waals surface area contributed by atoms with Gasteiger partial charge in [-0.1, -0.05) is 0 Å². The van der Waals surface area contributed by atoms with Crippen molar-refractivity contribution in [3.63, 3.8) is 0 Å². The minimum absolute atomic E-state index is 0.0295. The van der Waals surface area contributed by atoms with E-state index in [4.69, 9.17) is 5.84 Å². The molecule has 82 valence electrons. The molecular weight excluding hydrogens is 182 g/mol. The fourth-order valence-corrected chi connectivity index (χ4v) is 0.764. The summed E-state index contributed by atoms with van der Waals surface area (Å²) < 4.78 is 0. The Morgan fingerprint density at radius 1 is 1.50 bits per heavy atom. The van der Waals surface area contributed by atoms with E-state index in [2.05, 4.69) is 15.7 Å². The number of nitrogens with two attached hydrogens (primary N) is 1. The van der Waals surface area contributed by atoms with Crippen LogP contribution in [0.5, 0.6) is 0 Å². The average Bonchev–Trinajstić information content (AvgIpc) is 2.22. The van der Waals surface area contributed by atoms with Gasteiger partial charge in [-0.2, -0.15) is 0 Å². The lowest BCUT2D eigenvalue weighted by atomic mass is 10.5. The molecule has 0 spiro atoms. The molecule has 6 nitrogen and oxygen atoms in total. The first-order chi connectivity index (χ1) is 6.65. The summed E-state index contributed by atoms with van der Waals surface area (Å²) in [5.41, 5.74) is 2.38. The third-order valence-corrected chi connectivity index (χ3v) is 1.75. The number of carbonyl (C=O) groups excluding carboxylic acids is 1. The highest BCUT2D eigenvalue weighted by Crippen LogP contribution is 1.84. The minimum Gasteiger partial charge on any atom is -0.356 e. The molecule has 0 radical (unpaired) electrons. The number of rotatable bonds is 4. The topological polar surface area (TPSA) is 82.8 Å². The van der Waals surface area contributed by atoms with Gasteiger partial charge >= 0.3 is 0 Å². The standard InChI is InChI=1S/C8H19N5O/c1-4-10-8(12-9)11-6-7(14)13(3)5-2/h4-6,9H2,1-3H3,(H2,10,11,12). The predicted molar refractivity (Wildman–Crippen MR) is 56.6 cm³/mol. The van der Waals surface area contributed by atoms with Crippen molar-refractivity contribution < 1.29 is 4.79 Å². The third kappa shape index (κ3) is 4.66. The minimum atomic E-state index is -0.0295. The largest absolute Gasteiger partial charge is 0.356 e. The first-order valence-corrected chi connectivity index (χ1v) is 4.64. The van der Waals surface area contributed by atoms with Crippen LogP contribution in [0.3, 0.4) is 0 Å². The highest BCUT2D eigenvalue weighted by molar-refractivity contribution is 5.84. The Balaban J connectivity index is 4.04. The molecule has 14 heavy (non-hydrogen) atoms. The smallest absolute Gasteiger partial charge is 0.244 e. The van der Waals surface area contributed by atoms with E-state index in [1.54, 1.807) is 11.9 Å². The molecule has 0 aliphatic carbocycles. The van der Waals surface area contributed by atoms with Gasteiger partial charge in [0.15, 0.2) is 0 Å². The molecular formula is C8H19N5O. The van der Waals surface area contributed by atoms with Crippen LogP contribution in [0.2, 0.25) is 0 Å². The molecule has 1 amide bonds. The quantitative estimate of drug-likeness (QED) is 0.233. The van der Waals surface area contributed by atoms with E-state index in [0.29, 0.717) is 19.0 Å². The van der Waals surface area contributed by atoms with Crippen LogP contribution in [0.25, 0.3) is 0 Å². The fourth-order valence-electron chi connectivity index (χ4n) is 0.764. The van der Waals surface area contributed by atoms with Crippen molar-refractivity contribution in [2.45, 2.75) is 13.8 Å². The number of hydrazine groups is 1.